The van der Waals surface area contributed by atoms with Crippen LogP contribution < -0.4 is 10.6 Å². The fourth-order valence-electron chi connectivity index (χ4n) is 6.67. The summed E-state index contributed by atoms with van der Waals surface area (Å²) in [6, 6.07) is 2.13. The fourth-order valence-corrected chi connectivity index (χ4v) is 6.67. The van der Waals surface area contributed by atoms with Crippen LogP contribution in [0.25, 0.3) is 11.1 Å². The van der Waals surface area contributed by atoms with Crippen LogP contribution in [0.2, 0.25) is 0 Å². The van der Waals surface area contributed by atoms with Gasteiger partial charge < -0.3 is 30.7 Å². The van der Waals surface area contributed by atoms with E-state index in [1.54, 1.807) is 0 Å². The number of carbonyl (C=O) groups is 1. The number of nitrogens with one attached hydrogen (secondary N) is 4. The number of carbonyl (C=O) groups excluding carboxylic acids is 1. The van der Waals surface area contributed by atoms with Gasteiger partial charge in [0.05, 0.1) is 13.2 Å². The number of rotatable bonds is 11. The average molecular weight is 589 g/mol. The summed E-state index contributed by atoms with van der Waals surface area (Å²) >= 11 is 0. The van der Waals surface area contributed by atoms with Crippen molar-refractivity contribution in [3.63, 3.8) is 0 Å². The maximum Gasteiger partial charge on any atom is 0.251 e. The van der Waals surface area contributed by atoms with Crippen molar-refractivity contribution in [3.8, 4) is 0 Å². The fraction of sp³-hybridized carbons (Fsp3) is 0.486. The minimum atomic E-state index is -0.177. The predicted molar refractivity (Wildman–Crippen MR) is 180 cm³/mol. The van der Waals surface area contributed by atoms with Crippen LogP contribution in [0.1, 0.15) is 60.6 Å². The third-order valence-electron chi connectivity index (χ3n) is 9.41. The number of amides is 1. The molecule has 0 bridgehead atoms. The Balaban J connectivity index is 0.00000276. The average Bonchev–Trinajstić information content (AvgIpc) is 3.55. The van der Waals surface area contributed by atoms with Crippen molar-refractivity contribution >= 4 is 23.3 Å². The molecule has 2 heterocycles. The van der Waals surface area contributed by atoms with E-state index in [-0.39, 0.29) is 25.6 Å². The molecule has 1 aromatic rings. The number of H-pyrrole nitrogens is 1. The highest BCUT2D eigenvalue weighted by Gasteiger charge is 2.44. The summed E-state index contributed by atoms with van der Waals surface area (Å²) in [6.45, 7) is 14.5. The van der Waals surface area contributed by atoms with Crippen molar-refractivity contribution in [2.75, 3.05) is 46.9 Å². The van der Waals surface area contributed by atoms with E-state index in [1.807, 2.05) is 49.6 Å². The van der Waals surface area contributed by atoms with Gasteiger partial charge in [0.15, 0.2) is 0 Å². The lowest BCUT2D eigenvalue weighted by atomic mass is 9.75. The molecule has 1 amide bonds. The second kappa shape index (κ2) is 12.5. The summed E-state index contributed by atoms with van der Waals surface area (Å²) in [6.07, 6.45) is 17.9. The number of morpholine rings is 1. The van der Waals surface area contributed by atoms with Crippen molar-refractivity contribution in [3.05, 3.63) is 83.1 Å². The molecule has 5 rings (SSSR count). The number of nitrogens with zero attached hydrogens (tertiary/aromatic N) is 2. The maximum atomic E-state index is 13.3. The van der Waals surface area contributed by atoms with E-state index in [0.717, 1.165) is 72.1 Å². The lowest BCUT2D eigenvalue weighted by Gasteiger charge is -2.52. The Labute approximate surface area is 259 Å². The summed E-state index contributed by atoms with van der Waals surface area (Å²) in [4.78, 5) is 21.2. The molecule has 0 radical (unpaired) electrons. The lowest BCUT2D eigenvalue weighted by molar-refractivity contribution is -0.119. The topological polar surface area (TPSA) is 96.5 Å². The van der Waals surface area contributed by atoms with Gasteiger partial charge in [0, 0.05) is 106 Å². The molecule has 1 aliphatic heterocycles. The molecule has 4 N–H and O–H groups in total. The van der Waals surface area contributed by atoms with Crippen LogP contribution >= 0.6 is 0 Å². The van der Waals surface area contributed by atoms with Gasteiger partial charge in [0.25, 0.3) is 5.91 Å². The first kappa shape index (κ1) is 30.8. The zero-order chi connectivity index (χ0) is 30.8. The first-order valence-electron chi connectivity index (χ1n) is 15.5. The third kappa shape index (κ3) is 6.36. The first-order chi connectivity index (χ1) is 20.6. The molecule has 1 aromatic heterocycles. The highest BCUT2D eigenvalue weighted by Crippen LogP contribution is 2.41. The Bertz CT molecular complexity index is 1430. The molecule has 3 aliphatic carbocycles. The van der Waals surface area contributed by atoms with Crippen LogP contribution in [0, 0.1) is 16.7 Å². The summed E-state index contributed by atoms with van der Waals surface area (Å²) in [7, 11) is 3.99. The molecular formula is C35H52N6O2. The smallest absolute Gasteiger partial charge is 0.251 e. The highest BCUT2D eigenvalue weighted by atomic mass is 16.5. The zero-order valence-electron chi connectivity index (χ0n) is 26.5. The van der Waals surface area contributed by atoms with Gasteiger partial charge in [-0.2, -0.15) is 0 Å². The van der Waals surface area contributed by atoms with Crippen LogP contribution in [-0.2, 0) is 9.53 Å². The van der Waals surface area contributed by atoms with Crippen molar-refractivity contribution in [2.45, 2.75) is 52.0 Å². The van der Waals surface area contributed by atoms with Crippen molar-refractivity contribution < 1.29 is 12.4 Å². The van der Waals surface area contributed by atoms with Gasteiger partial charge >= 0.3 is 0 Å². The molecule has 43 heavy (non-hydrogen) atoms. The minimum absolute atomic E-state index is 0. The van der Waals surface area contributed by atoms with Crippen molar-refractivity contribution in [2.24, 2.45) is 11.3 Å². The SMILES string of the molecule is C=C/C(=C\N(C)C)c1c[nH]c(C2=C(C=N)C(NC3=CC(C(=O)NCCN4CCOCC45CCC5)=CCC3(C)C)=CC2C)c1.[HH].[HH]. The molecule has 4 aliphatic rings. The molecule has 8 nitrogen and oxygen atoms in total. The number of aromatic nitrogens is 1. The second-order valence-corrected chi connectivity index (χ2v) is 13.2. The van der Waals surface area contributed by atoms with E-state index in [0.29, 0.717) is 12.1 Å². The summed E-state index contributed by atoms with van der Waals surface area (Å²) in [5.74, 6) is 0.0751. The highest BCUT2D eigenvalue weighted by molar-refractivity contribution is 5.98. The number of hydrogen-bond donors (Lipinski definition) is 4. The van der Waals surface area contributed by atoms with E-state index in [4.69, 9.17) is 10.1 Å². The van der Waals surface area contributed by atoms with Crippen LogP contribution in [0.15, 0.2) is 71.9 Å². The number of hydrogen-bond acceptors (Lipinski definition) is 6. The van der Waals surface area contributed by atoms with E-state index < -0.39 is 0 Å². The molecule has 0 aromatic carbocycles. The van der Waals surface area contributed by atoms with Gasteiger partial charge in [-0.1, -0.05) is 45.6 Å². The Hall–Kier alpha value is -3.62. The van der Waals surface area contributed by atoms with E-state index in [2.05, 4.69) is 60.0 Å². The third-order valence-corrected chi connectivity index (χ3v) is 9.41. The molecule has 1 unspecified atom stereocenters. The number of allylic oxidation sites excluding steroid dienone is 7. The van der Waals surface area contributed by atoms with E-state index in [1.165, 1.54) is 25.5 Å². The first-order valence-corrected chi connectivity index (χ1v) is 15.5. The van der Waals surface area contributed by atoms with Crippen molar-refractivity contribution in [1.29, 1.82) is 5.41 Å². The molecule has 1 spiro atoms. The van der Waals surface area contributed by atoms with Crippen LogP contribution in [0.5, 0.6) is 0 Å². The Kier molecular flexibility index (Phi) is 8.99. The molecule has 1 saturated heterocycles. The number of ether oxygens (including phenoxy) is 1. The van der Waals surface area contributed by atoms with Crippen molar-refractivity contribution in [1.82, 2.24) is 25.4 Å². The van der Waals surface area contributed by atoms with Crippen LogP contribution in [0.4, 0.5) is 0 Å². The molecule has 8 heteroatoms. The molecule has 2 fully saturated rings. The standard InChI is InChI=1S/C35H48N6O2.2H2/c1-7-25(22-40(5)6)27-18-30(38-21-27)32-24(2)17-29(28(32)20-36)39-31-19-26(9-12-34(31,3)4)33(42)37-13-14-41-15-16-43-23-35(41)10-8-11-35;;/h7,9,17-22,24,36,38-39H,1,8,10-16,23H2,2-6H3,(H,37,42);2*1H/b25-22+,36-20?;;. The maximum absolute atomic E-state index is 13.3. The van der Waals surface area contributed by atoms with Gasteiger partial charge in [-0.15, -0.1) is 0 Å². The monoisotopic (exact) mass is 588 g/mol. The molecular weight excluding hydrogens is 536 g/mol. The van der Waals surface area contributed by atoms with Gasteiger partial charge in [0.1, 0.15) is 0 Å². The summed E-state index contributed by atoms with van der Waals surface area (Å²) < 4.78 is 5.76. The van der Waals surface area contributed by atoms with Gasteiger partial charge in [0.2, 0.25) is 0 Å². The van der Waals surface area contributed by atoms with E-state index >= 15 is 0 Å². The lowest BCUT2D eigenvalue weighted by Crippen LogP contribution is -2.62. The summed E-state index contributed by atoms with van der Waals surface area (Å²) in [5.41, 5.74) is 7.59. The van der Waals surface area contributed by atoms with E-state index in [9.17, 15) is 4.79 Å². The van der Waals surface area contributed by atoms with Gasteiger partial charge in [-0.25, -0.2) is 0 Å². The normalized spacial score (nSPS) is 23.2. The minimum Gasteiger partial charge on any atom is -0.383 e. The molecule has 234 valence electrons. The zero-order valence-corrected chi connectivity index (χ0v) is 26.5. The van der Waals surface area contributed by atoms with Gasteiger partial charge in [-0.3, -0.25) is 9.69 Å². The van der Waals surface area contributed by atoms with Gasteiger partial charge in [-0.05, 0) is 49.0 Å². The largest absolute Gasteiger partial charge is 0.383 e. The molecule has 1 atom stereocenters. The Morgan fingerprint density at radius 1 is 1.35 bits per heavy atom. The van der Waals surface area contributed by atoms with Crippen LogP contribution in [0.3, 0.4) is 0 Å². The Morgan fingerprint density at radius 3 is 2.81 bits per heavy atom. The number of aromatic amines is 1. The second-order valence-electron chi connectivity index (χ2n) is 13.2. The summed E-state index contributed by atoms with van der Waals surface area (Å²) in [5, 5.41) is 15.1. The quantitative estimate of drug-likeness (QED) is 0.196. The molecule has 1 saturated carbocycles. The van der Waals surface area contributed by atoms with Crippen LogP contribution in [-0.4, -0.2) is 79.4 Å². The predicted octanol–water partition coefficient (Wildman–Crippen LogP) is 5.73. The Morgan fingerprint density at radius 2 is 2.14 bits per heavy atom.